The molecular weight excluding hydrogens is 431 g/mol. The van der Waals surface area contributed by atoms with Crippen LogP contribution in [0.5, 0.6) is 11.5 Å². The monoisotopic (exact) mass is 450 g/mol. The van der Waals surface area contributed by atoms with Crippen molar-refractivity contribution in [3.05, 3.63) is 57.7 Å². The fraction of sp³-hybridized carbons (Fsp3) is 0.238. The van der Waals surface area contributed by atoms with Gasteiger partial charge in [0.05, 0.1) is 38.0 Å². The first-order chi connectivity index (χ1) is 14.4. The minimum atomic E-state index is -0.486. The number of rotatable bonds is 8. The van der Waals surface area contributed by atoms with Crippen LogP contribution in [0.1, 0.15) is 5.56 Å². The number of nitrogens with zero attached hydrogens (tertiary/aromatic N) is 1. The van der Waals surface area contributed by atoms with Crippen molar-refractivity contribution in [3.8, 4) is 11.5 Å². The van der Waals surface area contributed by atoms with Crippen LogP contribution in [0.15, 0.2) is 42.1 Å². The average molecular weight is 451 g/mol. The molecule has 2 aromatic rings. The number of methoxy groups -OCH3 is 3. The summed E-state index contributed by atoms with van der Waals surface area (Å²) in [5.74, 6) is 0.0894. The van der Waals surface area contributed by atoms with Crippen molar-refractivity contribution in [2.45, 2.75) is 0 Å². The van der Waals surface area contributed by atoms with E-state index in [2.05, 4.69) is 5.32 Å². The number of benzene rings is 2. The molecule has 0 unspecified atom stereocenters. The zero-order valence-corrected chi connectivity index (χ0v) is 18.1. The number of hydrogen-bond donors (Lipinski definition) is 1. The highest BCUT2D eigenvalue weighted by Gasteiger charge is 2.39. The van der Waals surface area contributed by atoms with E-state index in [1.54, 1.807) is 30.3 Å². The first-order valence-electron chi connectivity index (χ1n) is 8.94. The fourth-order valence-corrected chi connectivity index (χ4v) is 3.55. The molecule has 0 radical (unpaired) electrons. The molecule has 9 heteroatoms. The van der Waals surface area contributed by atoms with Gasteiger partial charge in [-0.25, -0.2) is 0 Å². The highest BCUT2D eigenvalue weighted by molar-refractivity contribution is 6.41. The number of carbonyl (C=O) groups is 2. The molecule has 30 heavy (non-hydrogen) atoms. The molecule has 1 aliphatic heterocycles. The third kappa shape index (κ3) is 4.38. The van der Waals surface area contributed by atoms with E-state index in [9.17, 15) is 9.59 Å². The fourth-order valence-electron chi connectivity index (χ4n) is 3.04. The Kier molecular flexibility index (Phi) is 6.87. The highest BCUT2D eigenvalue weighted by Crippen LogP contribution is 2.36. The molecular formula is C21H20Cl2N2O5. The second-order valence-electron chi connectivity index (χ2n) is 6.36. The predicted molar refractivity (Wildman–Crippen MR) is 115 cm³/mol. The molecule has 1 N–H and O–H groups in total. The van der Waals surface area contributed by atoms with Crippen molar-refractivity contribution < 1.29 is 23.8 Å². The number of nitrogens with one attached hydrogen (secondary N) is 1. The molecule has 0 atom stereocenters. The number of imide groups is 1. The van der Waals surface area contributed by atoms with E-state index < -0.39 is 11.8 Å². The molecule has 0 aromatic heterocycles. The Morgan fingerprint density at radius 1 is 0.933 bits per heavy atom. The summed E-state index contributed by atoms with van der Waals surface area (Å²) in [7, 11) is 4.54. The van der Waals surface area contributed by atoms with Gasteiger partial charge < -0.3 is 19.5 Å². The van der Waals surface area contributed by atoms with Crippen molar-refractivity contribution in [3.63, 3.8) is 0 Å². The summed E-state index contributed by atoms with van der Waals surface area (Å²) >= 11 is 12.3. The van der Waals surface area contributed by atoms with Crippen LogP contribution in [0.4, 0.5) is 5.69 Å². The van der Waals surface area contributed by atoms with Crippen molar-refractivity contribution >= 4 is 46.3 Å². The summed E-state index contributed by atoms with van der Waals surface area (Å²) in [4.78, 5) is 27.3. The molecule has 0 fully saturated rings. The van der Waals surface area contributed by atoms with Crippen molar-refractivity contribution in [2.24, 2.45) is 0 Å². The molecule has 2 aromatic carbocycles. The second-order valence-corrected chi connectivity index (χ2v) is 7.20. The molecule has 0 bridgehead atoms. The lowest BCUT2D eigenvalue weighted by molar-refractivity contribution is -0.137. The zero-order valence-electron chi connectivity index (χ0n) is 16.6. The van der Waals surface area contributed by atoms with Crippen LogP contribution in [-0.4, -0.2) is 51.2 Å². The third-order valence-corrected chi connectivity index (χ3v) is 5.06. The lowest BCUT2D eigenvalue weighted by atomic mass is 10.0. The van der Waals surface area contributed by atoms with Gasteiger partial charge in [0.1, 0.15) is 17.2 Å². The Morgan fingerprint density at radius 2 is 1.60 bits per heavy atom. The maximum absolute atomic E-state index is 13.1. The van der Waals surface area contributed by atoms with Gasteiger partial charge in [0.25, 0.3) is 11.8 Å². The van der Waals surface area contributed by atoms with E-state index in [1.807, 2.05) is 0 Å². The van der Waals surface area contributed by atoms with Gasteiger partial charge in [0.15, 0.2) is 0 Å². The molecule has 7 nitrogen and oxygen atoms in total. The minimum absolute atomic E-state index is 0.0932. The largest absolute Gasteiger partial charge is 0.497 e. The Labute approximate surface area is 184 Å². The number of hydrogen-bond acceptors (Lipinski definition) is 6. The third-order valence-electron chi connectivity index (χ3n) is 4.51. The Balaban J connectivity index is 2.11. The van der Waals surface area contributed by atoms with Crippen LogP contribution < -0.4 is 14.8 Å². The molecule has 3 rings (SSSR count). The van der Waals surface area contributed by atoms with Crippen molar-refractivity contribution in [1.29, 1.82) is 0 Å². The van der Waals surface area contributed by atoms with Crippen molar-refractivity contribution in [1.82, 2.24) is 4.90 Å². The predicted octanol–water partition coefficient (Wildman–Crippen LogP) is 3.85. The van der Waals surface area contributed by atoms with Gasteiger partial charge in [-0.2, -0.15) is 0 Å². The van der Waals surface area contributed by atoms with Crippen LogP contribution in [0.3, 0.4) is 0 Å². The van der Waals surface area contributed by atoms with Gasteiger partial charge in [-0.3, -0.25) is 14.5 Å². The number of ether oxygens (including phenoxy) is 3. The van der Waals surface area contributed by atoms with Gasteiger partial charge in [-0.05, 0) is 12.1 Å². The zero-order chi connectivity index (χ0) is 21.8. The Bertz CT molecular complexity index is 1000. The summed E-state index contributed by atoms with van der Waals surface area (Å²) in [5, 5.41) is 3.72. The van der Waals surface area contributed by atoms with Gasteiger partial charge in [-0.1, -0.05) is 29.3 Å². The standard InChI is InChI=1S/C21H20Cl2N2O5/c1-28-7-6-25-20(26)18(16-5-4-12(22)8-17(16)23)19(21(25)27)24-13-9-14(29-2)11-15(10-13)30-3/h4-5,8-11,24H,6-7H2,1-3H3. The molecule has 0 saturated heterocycles. The second kappa shape index (κ2) is 9.38. The van der Waals surface area contributed by atoms with Crippen LogP contribution in [0, 0.1) is 0 Å². The Hall–Kier alpha value is -2.74. The molecule has 1 aliphatic rings. The van der Waals surface area contributed by atoms with E-state index >= 15 is 0 Å². The summed E-state index contributed by atoms with van der Waals surface area (Å²) in [6, 6.07) is 9.81. The maximum atomic E-state index is 13.1. The summed E-state index contributed by atoms with van der Waals surface area (Å²) in [5.41, 5.74) is 1.16. The maximum Gasteiger partial charge on any atom is 0.278 e. The van der Waals surface area contributed by atoms with Gasteiger partial charge in [0, 0.05) is 41.6 Å². The number of amides is 2. The lowest BCUT2D eigenvalue weighted by Crippen LogP contribution is -2.35. The molecule has 0 aliphatic carbocycles. The van der Waals surface area contributed by atoms with E-state index in [1.165, 1.54) is 27.4 Å². The van der Waals surface area contributed by atoms with E-state index in [0.717, 1.165) is 4.90 Å². The number of halogens is 2. The summed E-state index contributed by atoms with van der Waals surface area (Å²) in [6.07, 6.45) is 0. The number of anilines is 1. The number of carbonyl (C=O) groups excluding carboxylic acids is 2. The van der Waals surface area contributed by atoms with Gasteiger partial charge >= 0.3 is 0 Å². The van der Waals surface area contributed by atoms with Crippen LogP contribution in [-0.2, 0) is 14.3 Å². The van der Waals surface area contributed by atoms with E-state index in [4.69, 9.17) is 37.4 Å². The van der Waals surface area contributed by atoms with E-state index in [-0.39, 0.29) is 29.4 Å². The molecule has 0 spiro atoms. The molecule has 2 amide bonds. The lowest BCUT2D eigenvalue weighted by Gasteiger charge is -2.15. The van der Waals surface area contributed by atoms with Gasteiger partial charge in [-0.15, -0.1) is 0 Å². The quantitative estimate of drug-likeness (QED) is 0.615. The van der Waals surface area contributed by atoms with Gasteiger partial charge in [0.2, 0.25) is 0 Å². The topological polar surface area (TPSA) is 77.1 Å². The van der Waals surface area contributed by atoms with Crippen LogP contribution in [0.25, 0.3) is 5.57 Å². The SMILES string of the molecule is COCCN1C(=O)C(Nc2cc(OC)cc(OC)c2)=C(c2ccc(Cl)cc2Cl)C1=O. The highest BCUT2D eigenvalue weighted by atomic mass is 35.5. The summed E-state index contributed by atoms with van der Waals surface area (Å²) in [6.45, 7) is 0.314. The van der Waals surface area contributed by atoms with Crippen molar-refractivity contribution in [2.75, 3.05) is 39.8 Å². The van der Waals surface area contributed by atoms with Crippen LogP contribution in [0.2, 0.25) is 10.0 Å². The summed E-state index contributed by atoms with van der Waals surface area (Å²) < 4.78 is 15.6. The molecule has 1 heterocycles. The minimum Gasteiger partial charge on any atom is -0.497 e. The molecule has 0 saturated carbocycles. The Morgan fingerprint density at radius 3 is 2.17 bits per heavy atom. The average Bonchev–Trinajstić information content (AvgIpc) is 2.95. The normalized spacial score (nSPS) is 13.8. The first-order valence-corrected chi connectivity index (χ1v) is 9.70. The first kappa shape index (κ1) is 22.0. The van der Waals surface area contributed by atoms with Crippen LogP contribution >= 0.6 is 23.2 Å². The molecule has 158 valence electrons. The van der Waals surface area contributed by atoms with E-state index in [0.29, 0.717) is 27.8 Å². The smallest absolute Gasteiger partial charge is 0.278 e.